The number of rotatable bonds is 3. The first-order valence-corrected chi connectivity index (χ1v) is 7.12. The van der Waals surface area contributed by atoms with Crippen molar-refractivity contribution < 1.29 is 0 Å². The summed E-state index contributed by atoms with van der Waals surface area (Å²) in [5, 5.41) is 0. The fraction of sp³-hybridized carbons (Fsp3) is 0.353. The molecule has 1 saturated heterocycles. The molecule has 2 heterocycles. The predicted molar refractivity (Wildman–Crippen MR) is 81.3 cm³/mol. The average Bonchev–Trinajstić information content (AvgIpc) is 2.51. The highest BCUT2D eigenvalue weighted by atomic mass is 15.2. The van der Waals surface area contributed by atoms with Gasteiger partial charge >= 0.3 is 0 Å². The van der Waals surface area contributed by atoms with Crippen LogP contribution in [0.5, 0.6) is 0 Å². The van der Waals surface area contributed by atoms with E-state index in [9.17, 15) is 0 Å². The molecule has 20 heavy (non-hydrogen) atoms. The van der Waals surface area contributed by atoms with E-state index >= 15 is 0 Å². The number of hydrogen-bond donors (Lipinski definition) is 0. The fourth-order valence-corrected chi connectivity index (χ4v) is 2.55. The standard InChI is InChI=1S/C17H20N3/c1-19-9-11-20(12-10-19)14-15-4-6-16(7-5-15)17-3-2-8-18-13-17/h3-8,13H,9-12,14H2,1H3. The van der Waals surface area contributed by atoms with Gasteiger partial charge in [-0.1, -0.05) is 24.3 Å². The van der Waals surface area contributed by atoms with Crippen LogP contribution in [-0.2, 0) is 6.54 Å². The minimum absolute atomic E-state index is 1.05. The largest absolute Gasteiger partial charge is 0.304 e. The third-order valence-corrected chi connectivity index (χ3v) is 3.89. The van der Waals surface area contributed by atoms with Crippen LogP contribution in [0.15, 0.2) is 42.7 Å². The van der Waals surface area contributed by atoms with Crippen molar-refractivity contribution in [3.63, 3.8) is 0 Å². The summed E-state index contributed by atoms with van der Waals surface area (Å²) >= 11 is 0. The van der Waals surface area contributed by atoms with Crippen molar-refractivity contribution in [1.82, 2.24) is 14.8 Å². The van der Waals surface area contributed by atoms with Crippen LogP contribution in [0.4, 0.5) is 0 Å². The summed E-state index contributed by atoms with van der Waals surface area (Å²) in [6.45, 7) is 5.71. The van der Waals surface area contributed by atoms with Crippen LogP contribution in [0.25, 0.3) is 11.1 Å². The number of aromatic nitrogens is 1. The van der Waals surface area contributed by atoms with Crippen molar-refractivity contribution in [2.24, 2.45) is 0 Å². The monoisotopic (exact) mass is 266 g/mol. The normalized spacial score (nSPS) is 17.2. The summed E-state index contributed by atoms with van der Waals surface area (Å²) in [6, 6.07) is 13.8. The number of piperazine rings is 1. The van der Waals surface area contributed by atoms with E-state index in [0.717, 1.165) is 25.2 Å². The molecule has 2 aromatic rings. The van der Waals surface area contributed by atoms with Crippen LogP contribution in [-0.4, -0.2) is 48.0 Å². The molecule has 1 aromatic heterocycles. The first-order valence-electron chi connectivity index (χ1n) is 7.12. The summed E-state index contributed by atoms with van der Waals surface area (Å²) < 4.78 is 0. The number of nitrogens with zero attached hydrogens (tertiary/aromatic N) is 3. The van der Waals surface area contributed by atoms with Crippen molar-refractivity contribution in [1.29, 1.82) is 0 Å². The quantitative estimate of drug-likeness (QED) is 0.850. The van der Waals surface area contributed by atoms with E-state index in [4.69, 9.17) is 0 Å². The lowest BCUT2D eigenvalue weighted by Gasteiger charge is -2.32. The van der Waals surface area contributed by atoms with Crippen molar-refractivity contribution >= 4 is 0 Å². The number of hydrogen-bond acceptors (Lipinski definition) is 3. The molecule has 0 unspecified atom stereocenters. The maximum absolute atomic E-state index is 4.12. The van der Waals surface area contributed by atoms with Gasteiger partial charge in [-0.3, -0.25) is 9.88 Å². The Bertz CT molecular complexity index is 528. The van der Waals surface area contributed by atoms with E-state index in [2.05, 4.69) is 52.2 Å². The van der Waals surface area contributed by atoms with E-state index in [1.54, 1.807) is 6.20 Å². The number of pyridine rings is 1. The van der Waals surface area contributed by atoms with Gasteiger partial charge in [0.2, 0.25) is 0 Å². The molecular formula is C17H20N3. The van der Waals surface area contributed by atoms with Gasteiger partial charge in [0.15, 0.2) is 0 Å². The van der Waals surface area contributed by atoms with Crippen LogP contribution in [0.1, 0.15) is 5.56 Å². The Labute approximate surface area is 120 Å². The molecule has 1 aliphatic rings. The van der Waals surface area contributed by atoms with E-state index in [-0.39, 0.29) is 0 Å². The maximum Gasteiger partial charge on any atom is 0.0347 e. The van der Waals surface area contributed by atoms with Crippen LogP contribution in [0.2, 0.25) is 0 Å². The Morgan fingerprint density at radius 1 is 1.05 bits per heavy atom. The molecule has 0 spiro atoms. The van der Waals surface area contributed by atoms with Crippen LogP contribution >= 0.6 is 0 Å². The summed E-state index contributed by atoms with van der Waals surface area (Å²) in [7, 11) is 2.19. The Hall–Kier alpha value is -1.71. The van der Waals surface area contributed by atoms with Crippen molar-refractivity contribution in [2.75, 3.05) is 33.2 Å². The first-order chi connectivity index (χ1) is 9.81. The predicted octanol–water partition coefficient (Wildman–Crippen LogP) is 2.30. The lowest BCUT2D eigenvalue weighted by molar-refractivity contribution is 0.148. The zero-order valence-corrected chi connectivity index (χ0v) is 11.9. The van der Waals surface area contributed by atoms with Crippen molar-refractivity contribution in [3.8, 4) is 11.1 Å². The van der Waals surface area contributed by atoms with Crippen molar-refractivity contribution in [2.45, 2.75) is 6.54 Å². The minimum atomic E-state index is 1.05. The van der Waals surface area contributed by atoms with Gasteiger partial charge in [-0.05, 0) is 24.2 Å². The Balaban J connectivity index is 1.65. The summed E-state index contributed by atoms with van der Waals surface area (Å²) in [5.74, 6) is 0. The van der Waals surface area contributed by atoms with E-state index in [1.807, 2.05) is 12.3 Å². The van der Waals surface area contributed by atoms with Gasteiger partial charge in [0.1, 0.15) is 0 Å². The minimum Gasteiger partial charge on any atom is -0.304 e. The SMILES string of the molecule is CN1CCN(Cc2ccc(-c3c[c]cnc3)cc2)CC1. The molecule has 0 amide bonds. The lowest BCUT2D eigenvalue weighted by Crippen LogP contribution is -2.43. The molecule has 1 aromatic carbocycles. The smallest absolute Gasteiger partial charge is 0.0347 e. The van der Waals surface area contributed by atoms with Gasteiger partial charge in [-0.15, -0.1) is 0 Å². The highest BCUT2D eigenvalue weighted by Crippen LogP contribution is 2.19. The molecule has 0 saturated carbocycles. The molecule has 0 bridgehead atoms. The molecule has 0 N–H and O–H groups in total. The molecule has 0 aliphatic carbocycles. The van der Waals surface area contributed by atoms with Crippen LogP contribution in [0.3, 0.4) is 0 Å². The zero-order chi connectivity index (χ0) is 13.8. The molecular weight excluding hydrogens is 246 g/mol. The topological polar surface area (TPSA) is 19.4 Å². The van der Waals surface area contributed by atoms with Gasteiger partial charge in [-0.25, -0.2) is 0 Å². The molecule has 3 nitrogen and oxygen atoms in total. The van der Waals surface area contributed by atoms with Crippen LogP contribution in [0, 0.1) is 6.07 Å². The third-order valence-electron chi connectivity index (χ3n) is 3.89. The maximum atomic E-state index is 4.12. The fourth-order valence-electron chi connectivity index (χ4n) is 2.55. The Kier molecular flexibility index (Phi) is 4.09. The molecule has 1 fully saturated rings. The van der Waals surface area contributed by atoms with E-state index in [0.29, 0.717) is 0 Å². The molecule has 3 heteroatoms. The molecule has 0 atom stereocenters. The first kappa shape index (κ1) is 13.3. The Morgan fingerprint density at radius 2 is 1.80 bits per heavy atom. The molecule has 3 rings (SSSR count). The average molecular weight is 266 g/mol. The summed E-state index contributed by atoms with van der Waals surface area (Å²) in [6.07, 6.45) is 3.57. The summed E-state index contributed by atoms with van der Waals surface area (Å²) in [4.78, 5) is 9.02. The second kappa shape index (κ2) is 6.16. The van der Waals surface area contributed by atoms with Gasteiger partial charge in [0.25, 0.3) is 0 Å². The van der Waals surface area contributed by atoms with Gasteiger partial charge in [0, 0.05) is 56.7 Å². The van der Waals surface area contributed by atoms with Gasteiger partial charge in [-0.2, -0.15) is 0 Å². The second-order valence-electron chi connectivity index (χ2n) is 5.45. The van der Waals surface area contributed by atoms with E-state index in [1.165, 1.54) is 24.2 Å². The third kappa shape index (κ3) is 3.24. The number of benzene rings is 1. The number of likely N-dealkylation sites (N-methyl/N-ethyl adjacent to an activating group) is 1. The summed E-state index contributed by atoms with van der Waals surface area (Å²) in [5.41, 5.74) is 3.71. The van der Waals surface area contributed by atoms with Crippen LogP contribution < -0.4 is 0 Å². The van der Waals surface area contributed by atoms with E-state index < -0.39 is 0 Å². The molecule has 1 aliphatic heterocycles. The highest BCUT2D eigenvalue weighted by Gasteiger charge is 2.13. The molecule has 103 valence electrons. The van der Waals surface area contributed by atoms with Gasteiger partial charge < -0.3 is 4.90 Å². The Morgan fingerprint density at radius 3 is 2.45 bits per heavy atom. The van der Waals surface area contributed by atoms with Gasteiger partial charge in [0.05, 0.1) is 0 Å². The molecule has 1 radical (unpaired) electrons. The van der Waals surface area contributed by atoms with Crippen molar-refractivity contribution in [3.05, 3.63) is 54.4 Å². The lowest BCUT2D eigenvalue weighted by atomic mass is 10.1. The zero-order valence-electron chi connectivity index (χ0n) is 11.9. The second-order valence-corrected chi connectivity index (χ2v) is 5.45. The highest BCUT2D eigenvalue weighted by molar-refractivity contribution is 5.62.